The van der Waals surface area contributed by atoms with Crippen LogP contribution in [0.1, 0.15) is 11.8 Å². The lowest BCUT2D eigenvalue weighted by Gasteiger charge is -2.11. The van der Waals surface area contributed by atoms with Gasteiger partial charge in [0.15, 0.2) is 18.1 Å². The number of hydrogen-bond acceptors (Lipinski definition) is 4. The van der Waals surface area contributed by atoms with Gasteiger partial charge < -0.3 is 14.8 Å². The smallest absolute Gasteiger partial charge is 0.258 e. The number of para-hydroxylation sites is 2. The number of thiophene rings is 1. The van der Waals surface area contributed by atoms with E-state index < -0.39 is 0 Å². The Kier molecular flexibility index (Phi) is 6.07. The summed E-state index contributed by atoms with van der Waals surface area (Å²) in [6.45, 7) is 2.94. The normalized spacial score (nSPS) is 10.2. The van der Waals surface area contributed by atoms with Gasteiger partial charge in [-0.1, -0.05) is 12.1 Å². The molecule has 1 aromatic heterocycles. The minimum atomic E-state index is -0.161. The summed E-state index contributed by atoms with van der Waals surface area (Å²) in [5, 5.41) is 2.82. The molecule has 1 heterocycles. The number of carbonyl (C=O) groups excluding carboxylic acids is 1. The van der Waals surface area contributed by atoms with Crippen LogP contribution in [0.25, 0.3) is 0 Å². The number of halogens is 1. The first-order valence-electron chi connectivity index (χ1n) is 6.54. The van der Waals surface area contributed by atoms with Crippen LogP contribution in [0.3, 0.4) is 0 Å². The van der Waals surface area contributed by atoms with E-state index in [1.165, 1.54) is 0 Å². The molecule has 1 aromatic carbocycles. The Labute approximate surface area is 136 Å². The Morgan fingerprint density at radius 1 is 1.19 bits per heavy atom. The molecule has 0 saturated carbocycles. The van der Waals surface area contributed by atoms with Crippen LogP contribution in [0.4, 0.5) is 0 Å². The molecule has 1 N–H and O–H groups in total. The second-order valence-electron chi connectivity index (χ2n) is 4.15. The fourth-order valence-corrected chi connectivity index (χ4v) is 3.09. The van der Waals surface area contributed by atoms with E-state index in [0.717, 1.165) is 8.66 Å². The Hall–Kier alpha value is -1.53. The quantitative estimate of drug-likeness (QED) is 0.810. The SMILES string of the molecule is CCOc1ccccc1OCC(=O)NCc1ccc(Br)s1. The molecule has 0 saturated heterocycles. The van der Waals surface area contributed by atoms with Gasteiger partial charge in [0.2, 0.25) is 0 Å². The molecule has 21 heavy (non-hydrogen) atoms. The summed E-state index contributed by atoms with van der Waals surface area (Å²) in [7, 11) is 0. The van der Waals surface area contributed by atoms with Crippen molar-refractivity contribution in [3.8, 4) is 11.5 Å². The van der Waals surface area contributed by atoms with Crippen LogP contribution in [0.5, 0.6) is 11.5 Å². The van der Waals surface area contributed by atoms with Crippen molar-refractivity contribution in [1.82, 2.24) is 5.32 Å². The largest absolute Gasteiger partial charge is 0.490 e. The van der Waals surface area contributed by atoms with Crippen LogP contribution in [0.2, 0.25) is 0 Å². The highest BCUT2D eigenvalue weighted by molar-refractivity contribution is 9.11. The first-order chi connectivity index (χ1) is 10.2. The van der Waals surface area contributed by atoms with Crippen LogP contribution in [-0.2, 0) is 11.3 Å². The number of amides is 1. The molecule has 0 aliphatic heterocycles. The average Bonchev–Trinajstić information content (AvgIpc) is 2.90. The molecule has 0 unspecified atom stereocenters. The fraction of sp³-hybridized carbons (Fsp3) is 0.267. The molecule has 112 valence electrons. The molecule has 0 spiro atoms. The van der Waals surface area contributed by atoms with Gasteiger partial charge in [-0.3, -0.25) is 4.79 Å². The molecular weight excluding hydrogens is 354 g/mol. The van der Waals surface area contributed by atoms with E-state index in [4.69, 9.17) is 9.47 Å². The molecule has 2 aromatic rings. The van der Waals surface area contributed by atoms with Gasteiger partial charge in [-0.2, -0.15) is 0 Å². The minimum absolute atomic E-state index is 0.0311. The van der Waals surface area contributed by atoms with Crippen molar-refractivity contribution in [2.45, 2.75) is 13.5 Å². The van der Waals surface area contributed by atoms with Crippen molar-refractivity contribution in [3.63, 3.8) is 0 Å². The van der Waals surface area contributed by atoms with Gasteiger partial charge in [0.05, 0.1) is 16.9 Å². The van der Waals surface area contributed by atoms with Gasteiger partial charge >= 0.3 is 0 Å². The van der Waals surface area contributed by atoms with E-state index >= 15 is 0 Å². The van der Waals surface area contributed by atoms with Crippen molar-refractivity contribution >= 4 is 33.2 Å². The first-order valence-corrected chi connectivity index (χ1v) is 8.15. The molecule has 0 fully saturated rings. The summed E-state index contributed by atoms with van der Waals surface area (Å²) in [4.78, 5) is 12.9. The predicted molar refractivity (Wildman–Crippen MR) is 87.0 cm³/mol. The molecule has 0 radical (unpaired) electrons. The van der Waals surface area contributed by atoms with E-state index in [0.29, 0.717) is 24.7 Å². The molecular formula is C15H16BrNO3S. The molecule has 0 atom stereocenters. The highest BCUT2D eigenvalue weighted by Gasteiger charge is 2.07. The number of carbonyl (C=O) groups is 1. The summed E-state index contributed by atoms with van der Waals surface area (Å²) in [5.74, 6) is 1.06. The molecule has 1 amide bonds. The highest BCUT2D eigenvalue weighted by atomic mass is 79.9. The van der Waals surface area contributed by atoms with E-state index in [-0.39, 0.29) is 12.5 Å². The number of rotatable bonds is 7. The monoisotopic (exact) mass is 369 g/mol. The standard InChI is InChI=1S/C15H16BrNO3S/c1-2-19-12-5-3-4-6-13(12)20-10-15(18)17-9-11-7-8-14(16)21-11/h3-8H,2,9-10H2,1H3,(H,17,18). The predicted octanol–water partition coefficient (Wildman–Crippen LogP) is 3.60. The summed E-state index contributed by atoms with van der Waals surface area (Å²) in [5.41, 5.74) is 0. The van der Waals surface area contributed by atoms with Crippen LogP contribution in [0.15, 0.2) is 40.2 Å². The maximum atomic E-state index is 11.8. The zero-order valence-electron chi connectivity index (χ0n) is 11.6. The van der Waals surface area contributed by atoms with Crippen molar-refractivity contribution < 1.29 is 14.3 Å². The number of hydrogen-bond donors (Lipinski definition) is 1. The Bertz CT molecular complexity index is 600. The first kappa shape index (κ1) is 15.9. The third kappa shape index (κ3) is 5.06. The van der Waals surface area contributed by atoms with Crippen molar-refractivity contribution in [3.05, 3.63) is 45.1 Å². The lowest BCUT2D eigenvalue weighted by atomic mass is 10.3. The topological polar surface area (TPSA) is 47.6 Å². The van der Waals surface area contributed by atoms with Crippen molar-refractivity contribution in [1.29, 1.82) is 0 Å². The number of nitrogens with one attached hydrogen (secondary N) is 1. The minimum Gasteiger partial charge on any atom is -0.490 e. The van der Waals surface area contributed by atoms with Crippen LogP contribution in [0, 0.1) is 0 Å². The fourth-order valence-electron chi connectivity index (χ4n) is 1.67. The number of benzene rings is 1. The Morgan fingerprint density at radius 3 is 2.52 bits per heavy atom. The summed E-state index contributed by atoms with van der Waals surface area (Å²) >= 11 is 4.98. The third-order valence-corrected chi connectivity index (χ3v) is 4.22. The second kappa shape index (κ2) is 8.05. The zero-order valence-corrected chi connectivity index (χ0v) is 14.0. The van der Waals surface area contributed by atoms with Crippen LogP contribution >= 0.6 is 27.3 Å². The highest BCUT2D eigenvalue weighted by Crippen LogP contribution is 2.26. The molecule has 0 aliphatic carbocycles. The van der Waals surface area contributed by atoms with Gasteiger partial charge in [0, 0.05) is 4.88 Å². The lowest BCUT2D eigenvalue weighted by molar-refractivity contribution is -0.123. The van der Waals surface area contributed by atoms with Gasteiger partial charge in [-0.15, -0.1) is 11.3 Å². The maximum Gasteiger partial charge on any atom is 0.258 e. The van der Waals surface area contributed by atoms with Crippen molar-refractivity contribution in [2.75, 3.05) is 13.2 Å². The van der Waals surface area contributed by atoms with Gasteiger partial charge in [0.25, 0.3) is 5.91 Å². The van der Waals surface area contributed by atoms with Gasteiger partial charge in [-0.25, -0.2) is 0 Å². The molecule has 6 heteroatoms. The van der Waals surface area contributed by atoms with E-state index in [9.17, 15) is 4.79 Å². The molecule has 4 nitrogen and oxygen atoms in total. The average molecular weight is 370 g/mol. The summed E-state index contributed by atoms with van der Waals surface area (Å²) in [6.07, 6.45) is 0. The second-order valence-corrected chi connectivity index (χ2v) is 6.70. The van der Waals surface area contributed by atoms with E-state index in [1.807, 2.05) is 37.3 Å². The number of ether oxygens (including phenoxy) is 2. The zero-order chi connectivity index (χ0) is 15.1. The van der Waals surface area contributed by atoms with Gasteiger partial charge in [0.1, 0.15) is 0 Å². The van der Waals surface area contributed by atoms with E-state index in [2.05, 4.69) is 21.2 Å². The maximum absolute atomic E-state index is 11.8. The van der Waals surface area contributed by atoms with Gasteiger partial charge in [-0.05, 0) is 47.1 Å². The third-order valence-electron chi connectivity index (χ3n) is 2.60. The summed E-state index contributed by atoms with van der Waals surface area (Å²) in [6, 6.07) is 11.3. The van der Waals surface area contributed by atoms with Crippen molar-refractivity contribution in [2.24, 2.45) is 0 Å². The Balaban J connectivity index is 1.81. The molecule has 0 bridgehead atoms. The summed E-state index contributed by atoms with van der Waals surface area (Å²) < 4.78 is 12.0. The van der Waals surface area contributed by atoms with Crippen LogP contribution < -0.4 is 14.8 Å². The van der Waals surface area contributed by atoms with E-state index in [1.54, 1.807) is 17.4 Å². The Morgan fingerprint density at radius 2 is 1.90 bits per heavy atom. The molecule has 2 rings (SSSR count). The lowest BCUT2D eigenvalue weighted by Crippen LogP contribution is -2.28. The molecule has 0 aliphatic rings. The van der Waals surface area contributed by atoms with Crippen LogP contribution in [-0.4, -0.2) is 19.1 Å².